The molecule has 192 valence electrons. The largest absolute Gasteiger partial charge is 0.336 e. The van der Waals surface area contributed by atoms with Crippen molar-refractivity contribution in [2.24, 2.45) is 0 Å². The fourth-order valence-corrected chi connectivity index (χ4v) is 5.95. The van der Waals surface area contributed by atoms with Crippen molar-refractivity contribution in [3.8, 4) is 0 Å². The molecule has 2 aromatic carbocycles. The van der Waals surface area contributed by atoms with Gasteiger partial charge in [-0.15, -0.1) is 0 Å². The molecular weight excluding hydrogens is 484 g/mol. The molecule has 2 unspecified atom stereocenters. The van der Waals surface area contributed by atoms with Gasteiger partial charge in [-0.25, -0.2) is 0 Å². The predicted octanol–water partition coefficient (Wildman–Crippen LogP) is 5.10. The Morgan fingerprint density at radius 2 is 1.76 bits per heavy atom. The molecule has 3 aromatic rings. The first-order valence-electron chi connectivity index (χ1n) is 13.0. The number of para-hydroxylation sites is 1. The fourth-order valence-electron chi connectivity index (χ4n) is 5.75. The lowest BCUT2D eigenvalue weighted by Crippen LogP contribution is -2.45. The third-order valence-corrected chi connectivity index (χ3v) is 8.02. The summed E-state index contributed by atoms with van der Waals surface area (Å²) in [4.78, 5) is 37.3. The first-order valence-corrected chi connectivity index (χ1v) is 13.4. The lowest BCUT2D eigenvalue weighted by Gasteiger charge is -2.34. The number of pyridine rings is 1. The molecule has 2 aliphatic heterocycles. The van der Waals surface area contributed by atoms with E-state index in [0.717, 1.165) is 48.2 Å². The van der Waals surface area contributed by atoms with Crippen LogP contribution in [0.15, 0.2) is 73.1 Å². The second-order valence-corrected chi connectivity index (χ2v) is 10.5. The van der Waals surface area contributed by atoms with Crippen LogP contribution in [0.25, 0.3) is 0 Å². The van der Waals surface area contributed by atoms with E-state index >= 15 is 0 Å². The van der Waals surface area contributed by atoms with Crippen LogP contribution in [-0.4, -0.2) is 51.8 Å². The molecule has 6 nitrogen and oxygen atoms in total. The van der Waals surface area contributed by atoms with Gasteiger partial charge in [-0.2, -0.15) is 0 Å². The van der Waals surface area contributed by atoms with Gasteiger partial charge in [-0.3, -0.25) is 19.5 Å². The van der Waals surface area contributed by atoms with Gasteiger partial charge in [-0.05, 0) is 54.2 Å². The van der Waals surface area contributed by atoms with Gasteiger partial charge in [0.15, 0.2) is 0 Å². The molecule has 1 aromatic heterocycles. The average molecular weight is 517 g/mol. The van der Waals surface area contributed by atoms with Crippen LogP contribution in [0.3, 0.4) is 0 Å². The molecule has 3 heterocycles. The van der Waals surface area contributed by atoms with E-state index in [1.54, 1.807) is 13.1 Å². The zero-order valence-corrected chi connectivity index (χ0v) is 22.0. The quantitative estimate of drug-likeness (QED) is 0.484. The van der Waals surface area contributed by atoms with E-state index in [-0.39, 0.29) is 24.3 Å². The number of hydrogen-bond acceptors (Lipinski definition) is 4. The number of hydrogen-bond donors (Lipinski definition) is 0. The first-order chi connectivity index (χ1) is 18.0. The number of anilines is 1. The van der Waals surface area contributed by atoms with Gasteiger partial charge >= 0.3 is 0 Å². The van der Waals surface area contributed by atoms with Crippen LogP contribution in [0, 0.1) is 0 Å². The molecule has 0 N–H and O–H groups in total. The van der Waals surface area contributed by atoms with E-state index in [9.17, 15) is 9.59 Å². The molecule has 2 atom stereocenters. The van der Waals surface area contributed by atoms with Crippen molar-refractivity contribution in [1.82, 2.24) is 14.8 Å². The van der Waals surface area contributed by atoms with Gasteiger partial charge in [0.05, 0.1) is 6.42 Å². The molecule has 1 fully saturated rings. The average Bonchev–Trinajstić information content (AvgIpc) is 3.25. The maximum absolute atomic E-state index is 13.8. The molecule has 37 heavy (non-hydrogen) atoms. The number of carbonyl (C=O) groups is 2. The summed E-state index contributed by atoms with van der Waals surface area (Å²) in [5.41, 5.74) is 3.87. The molecule has 1 saturated heterocycles. The smallest absolute Gasteiger partial charge is 0.227 e. The molecular formula is C30H33ClN4O2. The minimum absolute atomic E-state index is 0.0222. The number of aromatic nitrogens is 1. The maximum atomic E-state index is 13.8. The van der Waals surface area contributed by atoms with E-state index in [1.165, 1.54) is 0 Å². The van der Waals surface area contributed by atoms with E-state index < -0.39 is 0 Å². The number of benzene rings is 2. The zero-order valence-electron chi connectivity index (χ0n) is 21.2. The van der Waals surface area contributed by atoms with Crippen molar-refractivity contribution in [3.63, 3.8) is 0 Å². The topological polar surface area (TPSA) is 56.8 Å². The summed E-state index contributed by atoms with van der Waals surface area (Å²) in [6, 6.07) is 20.2. The highest BCUT2D eigenvalue weighted by Crippen LogP contribution is 2.33. The van der Waals surface area contributed by atoms with Crippen LogP contribution in [0.2, 0.25) is 5.02 Å². The SMILES string of the molecule is CC(=O)N1CCC2CCC(CN(C(=O)Cc3ccccc3Cl)Cc3ccccc31)N2Cc1cccnc1. The molecule has 0 spiro atoms. The normalized spacial score (nSPS) is 20.3. The van der Waals surface area contributed by atoms with Crippen LogP contribution in [0.1, 0.15) is 42.9 Å². The lowest BCUT2D eigenvalue weighted by molar-refractivity contribution is -0.132. The number of fused-ring (bicyclic) bond motifs is 3. The highest BCUT2D eigenvalue weighted by molar-refractivity contribution is 6.31. The summed E-state index contributed by atoms with van der Waals surface area (Å²) in [5, 5.41) is 0.607. The molecule has 2 bridgehead atoms. The van der Waals surface area contributed by atoms with E-state index in [4.69, 9.17) is 11.6 Å². The number of rotatable bonds is 4. The second kappa shape index (κ2) is 11.4. The van der Waals surface area contributed by atoms with Crippen LogP contribution in [0.4, 0.5) is 5.69 Å². The fraction of sp³-hybridized carbons (Fsp3) is 0.367. The standard InChI is InChI=1S/C30H33ClN4O2/c1-22(36)34-16-14-26-12-13-27(35(26)19-23-7-6-15-32-18-23)21-33(20-25-9-3-5-11-29(25)34)30(37)17-24-8-2-4-10-28(24)31/h2-11,15,18,26-27H,12-14,16-17,19-21H2,1H3. The Morgan fingerprint density at radius 1 is 0.973 bits per heavy atom. The van der Waals surface area contributed by atoms with Gasteiger partial charge in [0, 0.05) is 68.3 Å². The molecule has 5 rings (SSSR count). The summed E-state index contributed by atoms with van der Waals surface area (Å²) >= 11 is 6.42. The van der Waals surface area contributed by atoms with Crippen molar-refractivity contribution < 1.29 is 9.59 Å². The minimum Gasteiger partial charge on any atom is -0.336 e. The van der Waals surface area contributed by atoms with Gasteiger partial charge < -0.3 is 9.80 Å². The summed E-state index contributed by atoms with van der Waals surface area (Å²) in [6.07, 6.45) is 6.91. The van der Waals surface area contributed by atoms with Crippen molar-refractivity contribution in [2.45, 2.75) is 57.8 Å². The predicted molar refractivity (Wildman–Crippen MR) is 146 cm³/mol. The molecule has 0 radical (unpaired) electrons. The Balaban J connectivity index is 1.50. The monoisotopic (exact) mass is 516 g/mol. The molecule has 0 aliphatic carbocycles. The number of halogens is 1. The summed E-state index contributed by atoms with van der Waals surface area (Å²) in [7, 11) is 0. The Labute approximate surface area is 223 Å². The third-order valence-electron chi connectivity index (χ3n) is 7.65. The van der Waals surface area contributed by atoms with E-state index in [2.05, 4.69) is 16.0 Å². The van der Waals surface area contributed by atoms with Crippen LogP contribution < -0.4 is 4.90 Å². The second-order valence-electron chi connectivity index (χ2n) is 10.0. The summed E-state index contributed by atoms with van der Waals surface area (Å²) < 4.78 is 0. The van der Waals surface area contributed by atoms with Crippen molar-refractivity contribution in [3.05, 3.63) is 94.8 Å². The van der Waals surface area contributed by atoms with Crippen LogP contribution in [-0.2, 0) is 29.1 Å². The number of amides is 2. The van der Waals surface area contributed by atoms with Gasteiger partial charge in [-0.1, -0.05) is 54.1 Å². The lowest BCUT2D eigenvalue weighted by atomic mass is 10.1. The maximum Gasteiger partial charge on any atom is 0.227 e. The first kappa shape index (κ1) is 25.4. The van der Waals surface area contributed by atoms with Crippen LogP contribution >= 0.6 is 11.6 Å². The van der Waals surface area contributed by atoms with Crippen LogP contribution in [0.5, 0.6) is 0 Å². The van der Waals surface area contributed by atoms with Crippen molar-refractivity contribution >= 4 is 29.1 Å². The summed E-state index contributed by atoms with van der Waals surface area (Å²) in [5.74, 6) is 0.0651. The Hall–Kier alpha value is -3.22. The molecule has 0 saturated carbocycles. The molecule has 2 amide bonds. The van der Waals surface area contributed by atoms with Crippen molar-refractivity contribution in [1.29, 1.82) is 0 Å². The Kier molecular flexibility index (Phi) is 7.87. The van der Waals surface area contributed by atoms with Crippen molar-refractivity contribution in [2.75, 3.05) is 18.0 Å². The van der Waals surface area contributed by atoms with E-state index in [0.29, 0.717) is 30.7 Å². The Bertz CT molecular complexity index is 1250. The minimum atomic E-state index is 0.0222. The van der Waals surface area contributed by atoms with Gasteiger partial charge in [0.25, 0.3) is 0 Å². The zero-order chi connectivity index (χ0) is 25.8. The Morgan fingerprint density at radius 3 is 2.54 bits per heavy atom. The number of nitrogens with zero attached hydrogens (tertiary/aromatic N) is 4. The molecule has 7 heteroatoms. The molecule has 2 aliphatic rings. The van der Waals surface area contributed by atoms with Gasteiger partial charge in [0.2, 0.25) is 11.8 Å². The highest BCUT2D eigenvalue weighted by Gasteiger charge is 2.36. The number of carbonyl (C=O) groups excluding carboxylic acids is 2. The highest BCUT2D eigenvalue weighted by atomic mass is 35.5. The van der Waals surface area contributed by atoms with Gasteiger partial charge in [0.1, 0.15) is 0 Å². The van der Waals surface area contributed by atoms with E-state index in [1.807, 2.05) is 70.6 Å². The third kappa shape index (κ3) is 5.86. The summed E-state index contributed by atoms with van der Waals surface area (Å²) in [6.45, 7) is 4.14.